The number of carbonyl (C=O) groups excluding carboxylic acids is 3. The highest BCUT2D eigenvalue weighted by Gasteiger charge is 2.46. The quantitative estimate of drug-likeness (QED) is 0.569. The van der Waals surface area contributed by atoms with Gasteiger partial charge >= 0.3 is 18.0 Å². The number of likely N-dealkylation sites (tertiary alicyclic amines) is 1. The van der Waals surface area contributed by atoms with Gasteiger partial charge in [-0.15, -0.1) is 0 Å². The van der Waals surface area contributed by atoms with E-state index in [1.54, 1.807) is 41.5 Å². The van der Waals surface area contributed by atoms with Gasteiger partial charge in [0.1, 0.15) is 11.2 Å². The molecule has 0 aromatic rings. The molecule has 0 bridgehead atoms. The van der Waals surface area contributed by atoms with Crippen molar-refractivity contribution < 1.29 is 28.6 Å². The number of rotatable bonds is 2. The Morgan fingerprint density at radius 2 is 1.26 bits per heavy atom. The molecular formula is C16H27NO6. The van der Waals surface area contributed by atoms with Crippen molar-refractivity contribution in [1.82, 2.24) is 4.90 Å². The van der Waals surface area contributed by atoms with E-state index in [4.69, 9.17) is 14.2 Å². The van der Waals surface area contributed by atoms with Crippen LogP contribution in [0.3, 0.4) is 0 Å². The molecule has 0 spiro atoms. The average Bonchev–Trinajstić information content (AvgIpc) is 2.78. The lowest BCUT2D eigenvalue weighted by Gasteiger charge is -2.25. The lowest BCUT2D eigenvalue weighted by atomic mass is 9.96. The number of nitrogens with zero attached hydrogens (tertiary/aromatic N) is 1. The summed E-state index contributed by atoms with van der Waals surface area (Å²) in [6, 6.07) is 0. The molecule has 1 aliphatic heterocycles. The molecule has 1 aliphatic rings. The molecular weight excluding hydrogens is 302 g/mol. The highest BCUT2D eigenvalue weighted by molar-refractivity contribution is 5.85. The largest absolute Gasteiger partial charge is 0.469 e. The lowest BCUT2D eigenvalue weighted by Crippen LogP contribution is -2.36. The van der Waals surface area contributed by atoms with Crippen LogP contribution >= 0.6 is 0 Å². The topological polar surface area (TPSA) is 82.1 Å². The first-order valence-electron chi connectivity index (χ1n) is 7.62. The highest BCUT2D eigenvalue weighted by atomic mass is 16.6. The molecule has 0 radical (unpaired) electrons. The van der Waals surface area contributed by atoms with Gasteiger partial charge in [-0.3, -0.25) is 9.59 Å². The van der Waals surface area contributed by atoms with E-state index in [1.807, 2.05) is 0 Å². The molecule has 1 saturated heterocycles. The Morgan fingerprint density at radius 1 is 0.826 bits per heavy atom. The smallest absolute Gasteiger partial charge is 0.410 e. The van der Waals surface area contributed by atoms with Gasteiger partial charge in [-0.25, -0.2) is 4.79 Å². The van der Waals surface area contributed by atoms with Gasteiger partial charge in [0.05, 0.1) is 18.9 Å². The van der Waals surface area contributed by atoms with Crippen molar-refractivity contribution in [2.24, 2.45) is 11.8 Å². The number of hydrogen-bond acceptors (Lipinski definition) is 6. The van der Waals surface area contributed by atoms with Crippen molar-refractivity contribution in [2.75, 3.05) is 20.2 Å². The third kappa shape index (κ3) is 5.73. The number of esters is 2. The Balaban J connectivity index is 2.89. The Labute approximate surface area is 137 Å². The molecule has 7 nitrogen and oxygen atoms in total. The number of hydrogen-bond donors (Lipinski definition) is 0. The van der Waals surface area contributed by atoms with E-state index < -0.39 is 41.1 Å². The third-order valence-electron chi connectivity index (χ3n) is 3.19. The lowest BCUT2D eigenvalue weighted by molar-refractivity contribution is -0.165. The van der Waals surface area contributed by atoms with Crippen LogP contribution in [0.15, 0.2) is 0 Å². The van der Waals surface area contributed by atoms with Crippen molar-refractivity contribution in [3.63, 3.8) is 0 Å². The predicted octanol–water partition coefficient (Wildman–Crippen LogP) is 1.98. The first-order valence-corrected chi connectivity index (χ1v) is 7.62. The zero-order valence-electron chi connectivity index (χ0n) is 15.0. The molecule has 0 saturated carbocycles. The van der Waals surface area contributed by atoms with Gasteiger partial charge < -0.3 is 19.1 Å². The van der Waals surface area contributed by atoms with Crippen molar-refractivity contribution in [1.29, 1.82) is 0 Å². The van der Waals surface area contributed by atoms with Crippen molar-refractivity contribution in [3.8, 4) is 0 Å². The maximum Gasteiger partial charge on any atom is 0.410 e. The first-order chi connectivity index (χ1) is 10.3. The molecule has 0 aromatic heterocycles. The van der Waals surface area contributed by atoms with E-state index >= 15 is 0 Å². The van der Waals surface area contributed by atoms with Gasteiger partial charge in [0.2, 0.25) is 0 Å². The second kappa shape index (κ2) is 6.76. The molecule has 7 heteroatoms. The molecule has 0 aliphatic carbocycles. The van der Waals surface area contributed by atoms with Gasteiger partial charge in [0.15, 0.2) is 0 Å². The van der Waals surface area contributed by atoms with Gasteiger partial charge in [-0.1, -0.05) is 0 Å². The molecule has 1 rings (SSSR count). The van der Waals surface area contributed by atoms with Gasteiger partial charge in [-0.2, -0.15) is 0 Å². The molecule has 1 fully saturated rings. The Bertz CT molecular complexity index is 474. The molecule has 2 unspecified atom stereocenters. The van der Waals surface area contributed by atoms with Crippen LogP contribution in [-0.2, 0) is 23.8 Å². The minimum absolute atomic E-state index is 0.0730. The van der Waals surface area contributed by atoms with Gasteiger partial charge in [-0.05, 0) is 41.5 Å². The number of carbonyl (C=O) groups is 3. The van der Waals surface area contributed by atoms with Crippen LogP contribution in [0.4, 0.5) is 4.79 Å². The summed E-state index contributed by atoms with van der Waals surface area (Å²) >= 11 is 0. The van der Waals surface area contributed by atoms with E-state index in [0.29, 0.717) is 0 Å². The van der Waals surface area contributed by atoms with Gasteiger partial charge in [0, 0.05) is 13.1 Å². The number of ether oxygens (including phenoxy) is 3. The fraction of sp³-hybridized carbons (Fsp3) is 0.812. The summed E-state index contributed by atoms with van der Waals surface area (Å²) in [5.41, 5.74) is -1.32. The van der Waals surface area contributed by atoms with Crippen LogP contribution in [0.1, 0.15) is 41.5 Å². The van der Waals surface area contributed by atoms with Crippen LogP contribution in [0, 0.1) is 11.8 Å². The summed E-state index contributed by atoms with van der Waals surface area (Å²) in [7, 11) is 1.25. The number of amides is 1. The minimum Gasteiger partial charge on any atom is -0.469 e. The number of methoxy groups -OCH3 is 1. The second-order valence-corrected chi connectivity index (χ2v) is 7.65. The summed E-state index contributed by atoms with van der Waals surface area (Å²) in [6.45, 7) is 10.7. The SMILES string of the molecule is COC(=O)C1CN(C(=O)OC(C)(C)C)CC1C(=O)OC(C)(C)C. The van der Waals surface area contributed by atoms with Crippen LogP contribution in [0.5, 0.6) is 0 Å². The maximum absolute atomic E-state index is 12.3. The van der Waals surface area contributed by atoms with Crippen LogP contribution in [0.2, 0.25) is 0 Å². The maximum atomic E-state index is 12.3. The monoisotopic (exact) mass is 329 g/mol. The van der Waals surface area contributed by atoms with Crippen LogP contribution in [0.25, 0.3) is 0 Å². The summed E-state index contributed by atoms with van der Waals surface area (Å²) in [5.74, 6) is -2.55. The molecule has 0 aromatic carbocycles. The van der Waals surface area contributed by atoms with Crippen molar-refractivity contribution >= 4 is 18.0 Å². The first kappa shape index (κ1) is 19.3. The third-order valence-corrected chi connectivity index (χ3v) is 3.19. The highest BCUT2D eigenvalue weighted by Crippen LogP contribution is 2.28. The summed E-state index contributed by atoms with van der Waals surface area (Å²) in [5, 5.41) is 0. The van der Waals surface area contributed by atoms with E-state index in [0.717, 1.165) is 0 Å². The fourth-order valence-corrected chi connectivity index (χ4v) is 2.29. The normalized spacial score (nSPS) is 21.8. The van der Waals surface area contributed by atoms with E-state index in [9.17, 15) is 14.4 Å². The van der Waals surface area contributed by atoms with Crippen molar-refractivity contribution in [2.45, 2.75) is 52.7 Å². The molecule has 1 heterocycles. The zero-order valence-corrected chi connectivity index (χ0v) is 15.0. The van der Waals surface area contributed by atoms with Crippen molar-refractivity contribution in [3.05, 3.63) is 0 Å². The van der Waals surface area contributed by atoms with Crippen LogP contribution in [-0.4, -0.2) is 54.3 Å². The Kier molecular flexibility index (Phi) is 5.66. The Hall–Kier alpha value is -1.79. The molecule has 23 heavy (non-hydrogen) atoms. The second-order valence-electron chi connectivity index (χ2n) is 7.65. The minimum atomic E-state index is -0.755. The molecule has 1 amide bonds. The predicted molar refractivity (Wildman–Crippen MR) is 82.6 cm³/mol. The molecule has 0 N–H and O–H groups in total. The molecule has 2 atom stereocenters. The zero-order chi connectivity index (χ0) is 18.0. The molecule has 132 valence electrons. The fourth-order valence-electron chi connectivity index (χ4n) is 2.29. The van der Waals surface area contributed by atoms with Gasteiger partial charge in [0.25, 0.3) is 0 Å². The average molecular weight is 329 g/mol. The summed E-state index contributed by atoms with van der Waals surface area (Å²) in [6.07, 6.45) is -0.558. The summed E-state index contributed by atoms with van der Waals surface area (Å²) < 4.78 is 15.4. The van der Waals surface area contributed by atoms with E-state index in [2.05, 4.69) is 0 Å². The standard InChI is InChI=1S/C16H27NO6/c1-15(2,3)22-13(19)11-9-17(8-10(11)12(18)21-7)14(20)23-16(4,5)6/h10-11H,8-9H2,1-7H3. The van der Waals surface area contributed by atoms with E-state index in [-0.39, 0.29) is 13.1 Å². The van der Waals surface area contributed by atoms with E-state index in [1.165, 1.54) is 12.0 Å². The van der Waals surface area contributed by atoms with Crippen LogP contribution < -0.4 is 0 Å². The Morgan fingerprint density at radius 3 is 1.65 bits per heavy atom. The summed E-state index contributed by atoms with van der Waals surface area (Å²) in [4.78, 5) is 37.8.